The van der Waals surface area contributed by atoms with Crippen molar-refractivity contribution in [3.05, 3.63) is 90.2 Å². The monoisotopic (exact) mass is 459 g/mol. The second-order valence-electron chi connectivity index (χ2n) is 7.56. The number of benzene rings is 2. The molecule has 0 saturated carbocycles. The predicted molar refractivity (Wildman–Crippen MR) is 134 cm³/mol. The Morgan fingerprint density at radius 3 is 2.32 bits per heavy atom. The first kappa shape index (κ1) is 24.3. The summed E-state index contributed by atoms with van der Waals surface area (Å²) in [7, 11) is 1.64. The zero-order chi connectivity index (χ0) is 24.5. The van der Waals surface area contributed by atoms with Gasteiger partial charge in [-0.15, -0.1) is 0 Å². The molecule has 8 nitrogen and oxygen atoms in total. The highest BCUT2D eigenvalue weighted by Crippen LogP contribution is 2.27. The maximum atomic E-state index is 12.2. The van der Waals surface area contributed by atoms with E-state index in [9.17, 15) is 9.59 Å². The standard InChI is InChI=1S/C26H29N5O3/c1-18-6-5-7-25(21-10-14-24(34-4)15-11-21)31(18)30-19(2)29-23-12-8-22(9-13-23)26(33)28-17-16-27-20(3)32/h5-15H,1,16-17H2,2-4H3,(H,27,32)(H,28,33)(H,29,30). The molecule has 3 N–H and O–H groups in total. The Kier molecular flexibility index (Phi) is 8.23. The average molecular weight is 460 g/mol. The predicted octanol–water partition coefficient (Wildman–Crippen LogP) is 3.54. The highest BCUT2D eigenvalue weighted by atomic mass is 16.5. The van der Waals surface area contributed by atoms with Gasteiger partial charge in [-0.1, -0.05) is 12.7 Å². The second-order valence-corrected chi connectivity index (χ2v) is 7.56. The Labute approximate surface area is 199 Å². The minimum absolute atomic E-state index is 0.129. The zero-order valence-electron chi connectivity index (χ0n) is 19.6. The highest BCUT2D eigenvalue weighted by molar-refractivity contribution is 5.94. The van der Waals surface area contributed by atoms with E-state index in [2.05, 4.69) is 27.6 Å². The molecule has 3 rings (SSSR count). The molecule has 0 saturated heterocycles. The van der Waals surface area contributed by atoms with E-state index in [0.717, 1.165) is 22.7 Å². The molecule has 0 radical (unpaired) electrons. The van der Waals surface area contributed by atoms with Crippen LogP contribution >= 0.6 is 0 Å². The molecule has 176 valence electrons. The van der Waals surface area contributed by atoms with Crippen LogP contribution in [0, 0.1) is 0 Å². The Balaban J connectivity index is 1.65. The number of nitrogens with zero attached hydrogens (tertiary/aromatic N) is 2. The average Bonchev–Trinajstić information content (AvgIpc) is 2.83. The van der Waals surface area contributed by atoms with Crippen molar-refractivity contribution in [2.24, 2.45) is 4.99 Å². The van der Waals surface area contributed by atoms with Crippen LogP contribution in [0.3, 0.4) is 0 Å². The number of carbonyl (C=O) groups excluding carboxylic acids is 2. The van der Waals surface area contributed by atoms with Crippen LogP contribution in [0.5, 0.6) is 5.75 Å². The van der Waals surface area contributed by atoms with E-state index in [1.807, 2.05) is 54.4 Å². The van der Waals surface area contributed by atoms with Gasteiger partial charge in [0.15, 0.2) is 0 Å². The fourth-order valence-electron chi connectivity index (χ4n) is 3.26. The Bertz CT molecular complexity index is 1130. The summed E-state index contributed by atoms with van der Waals surface area (Å²) in [4.78, 5) is 27.7. The van der Waals surface area contributed by atoms with Crippen LogP contribution in [0.4, 0.5) is 5.69 Å². The van der Waals surface area contributed by atoms with Crippen LogP contribution < -0.4 is 20.8 Å². The first-order valence-corrected chi connectivity index (χ1v) is 10.8. The topological polar surface area (TPSA) is 95.1 Å². The molecule has 0 unspecified atom stereocenters. The normalized spacial score (nSPS) is 13.3. The summed E-state index contributed by atoms with van der Waals surface area (Å²) in [5.41, 5.74) is 7.22. The summed E-state index contributed by atoms with van der Waals surface area (Å²) in [6.07, 6.45) is 5.86. The highest BCUT2D eigenvalue weighted by Gasteiger charge is 2.17. The molecule has 2 aromatic rings. The molecule has 0 fully saturated rings. The van der Waals surface area contributed by atoms with E-state index in [1.165, 1.54) is 6.92 Å². The third-order valence-corrected chi connectivity index (χ3v) is 4.94. The van der Waals surface area contributed by atoms with Gasteiger partial charge in [-0.2, -0.15) is 0 Å². The number of methoxy groups -OCH3 is 1. The van der Waals surface area contributed by atoms with Crippen molar-refractivity contribution in [2.45, 2.75) is 13.8 Å². The van der Waals surface area contributed by atoms with Gasteiger partial charge in [0.1, 0.15) is 11.6 Å². The van der Waals surface area contributed by atoms with E-state index in [4.69, 9.17) is 4.74 Å². The number of amidine groups is 1. The smallest absolute Gasteiger partial charge is 0.251 e. The number of carbonyl (C=O) groups is 2. The molecule has 8 heteroatoms. The van der Waals surface area contributed by atoms with Gasteiger partial charge in [0.25, 0.3) is 5.91 Å². The number of hydrogen-bond donors (Lipinski definition) is 3. The molecular formula is C26H29N5O3. The quantitative estimate of drug-likeness (QED) is 0.319. The molecule has 0 aromatic heterocycles. The van der Waals surface area contributed by atoms with Crippen molar-refractivity contribution in [1.82, 2.24) is 21.1 Å². The molecule has 0 spiro atoms. The van der Waals surface area contributed by atoms with Crippen LogP contribution in [0.1, 0.15) is 29.8 Å². The van der Waals surface area contributed by atoms with Crippen molar-refractivity contribution in [2.75, 3.05) is 20.2 Å². The van der Waals surface area contributed by atoms with E-state index >= 15 is 0 Å². The lowest BCUT2D eigenvalue weighted by Gasteiger charge is -2.31. The lowest BCUT2D eigenvalue weighted by molar-refractivity contribution is -0.118. The van der Waals surface area contributed by atoms with Crippen molar-refractivity contribution in [3.63, 3.8) is 0 Å². The second kappa shape index (κ2) is 11.5. The van der Waals surface area contributed by atoms with Crippen LogP contribution in [-0.4, -0.2) is 42.9 Å². The Morgan fingerprint density at radius 2 is 1.68 bits per heavy atom. The van der Waals surface area contributed by atoms with Gasteiger partial charge in [0.2, 0.25) is 5.91 Å². The Morgan fingerprint density at radius 1 is 1.00 bits per heavy atom. The summed E-state index contributed by atoms with van der Waals surface area (Å²) < 4.78 is 5.25. The molecule has 1 aliphatic heterocycles. The minimum Gasteiger partial charge on any atom is -0.497 e. The molecule has 0 bridgehead atoms. The fourth-order valence-corrected chi connectivity index (χ4v) is 3.26. The third-order valence-electron chi connectivity index (χ3n) is 4.94. The number of allylic oxidation sites excluding steroid dienone is 3. The van der Waals surface area contributed by atoms with Gasteiger partial charge < -0.3 is 15.4 Å². The number of ether oxygens (including phenoxy) is 1. The first-order valence-electron chi connectivity index (χ1n) is 10.8. The lowest BCUT2D eigenvalue weighted by atomic mass is 10.1. The Hall–Kier alpha value is -4.33. The van der Waals surface area contributed by atoms with Gasteiger partial charge in [0.05, 0.1) is 24.2 Å². The van der Waals surface area contributed by atoms with Gasteiger partial charge in [-0.05, 0) is 67.6 Å². The number of aliphatic imine (C=N–C) groups is 1. The molecule has 0 aliphatic carbocycles. The molecular weight excluding hydrogens is 430 g/mol. The third kappa shape index (κ3) is 6.59. The van der Waals surface area contributed by atoms with Crippen LogP contribution in [0.25, 0.3) is 5.70 Å². The van der Waals surface area contributed by atoms with E-state index < -0.39 is 0 Å². The van der Waals surface area contributed by atoms with Crippen molar-refractivity contribution in [3.8, 4) is 5.75 Å². The maximum Gasteiger partial charge on any atom is 0.251 e. The number of hydrazine groups is 1. The van der Waals surface area contributed by atoms with Gasteiger partial charge in [-0.25, -0.2) is 4.99 Å². The van der Waals surface area contributed by atoms with Crippen molar-refractivity contribution < 1.29 is 14.3 Å². The molecule has 34 heavy (non-hydrogen) atoms. The molecule has 1 aliphatic rings. The molecule has 2 amide bonds. The number of rotatable bonds is 8. The SMILES string of the molecule is C=C1C=CC=C(c2ccc(OC)cc2)N1NC(C)=Nc1ccc(C(=O)NCCNC(C)=O)cc1. The zero-order valence-corrected chi connectivity index (χ0v) is 19.6. The van der Waals surface area contributed by atoms with E-state index in [-0.39, 0.29) is 11.8 Å². The van der Waals surface area contributed by atoms with E-state index in [1.54, 1.807) is 31.4 Å². The van der Waals surface area contributed by atoms with Crippen molar-refractivity contribution >= 4 is 29.0 Å². The molecule has 0 atom stereocenters. The van der Waals surface area contributed by atoms with Gasteiger partial charge >= 0.3 is 0 Å². The number of amides is 2. The maximum absolute atomic E-state index is 12.2. The summed E-state index contributed by atoms with van der Waals surface area (Å²) >= 11 is 0. The number of hydrogen-bond acceptors (Lipinski definition) is 5. The number of nitrogens with one attached hydrogen (secondary N) is 3. The van der Waals surface area contributed by atoms with E-state index in [0.29, 0.717) is 30.2 Å². The fraction of sp³-hybridized carbons (Fsp3) is 0.192. The summed E-state index contributed by atoms with van der Waals surface area (Å²) in [5, 5.41) is 7.27. The summed E-state index contributed by atoms with van der Waals surface area (Å²) in [5.74, 6) is 1.11. The van der Waals surface area contributed by atoms with Crippen LogP contribution in [-0.2, 0) is 4.79 Å². The van der Waals surface area contributed by atoms with Crippen LogP contribution in [0.2, 0.25) is 0 Å². The van der Waals surface area contributed by atoms with Gasteiger partial charge in [0, 0.05) is 31.1 Å². The van der Waals surface area contributed by atoms with Gasteiger partial charge in [-0.3, -0.25) is 20.0 Å². The van der Waals surface area contributed by atoms with Crippen LogP contribution in [0.15, 0.2) is 84.0 Å². The largest absolute Gasteiger partial charge is 0.497 e. The first-order chi connectivity index (χ1) is 16.4. The lowest BCUT2D eigenvalue weighted by Crippen LogP contribution is -2.39. The molecule has 2 aromatic carbocycles. The minimum atomic E-state index is -0.207. The summed E-state index contributed by atoms with van der Waals surface area (Å²) in [6.45, 7) is 8.17. The summed E-state index contributed by atoms with van der Waals surface area (Å²) in [6, 6.07) is 14.8. The van der Waals surface area contributed by atoms with Crippen molar-refractivity contribution in [1.29, 1.82) is 0 Å². The molecule has 1 heterocycles.